The van der Waals surface area contributed by atoms with E-state index in [2.05, 4.69) is 32.7 Å². The topological polar surface area (TPSA) is 33.2 Å². The zero-order valence-corrected chi connectivity index (χ0v) is 14.4. The molecule has 2 aliphatic carbocycles. The summed E-state index contributed by atoms with van der Waals surface area (Å²) in [4.78, 5) is 20.4. The Labute approximate surface area is 131 Å². The number of anilines is 1. The SMILES string of the molecule is CC1CCCC(N(C)c2nc3c(s2)C(=O)CC(C)(C)C3)C1. The minimum absolute atomic E-state index is 0.0628. The van der Waals surface area contributed by atoms with Crippen LogP contribution < -0.4 is 4.90 Å². The molecule has 0 amide bonds. The highest BCUT2D eigenvalue weighted by molar-refractivity contribution is 7.17. The van der Waals surface area contributed by atoms with Gasteiger partial charge in [-0.15, -0.1) is 0 Å². The number of nitrogens with zero attached hydrogens (tertiary/aromatic N) is 2. The predicted octanol–water partition coefficient (Wildman–Crippen LogP) is 4.31. The molecule has 0 aromatic carbocycles. The molecule has 21 heavy (non-hydrogen) atoms. The van der Waals surface area contributed by atoms with Gasteiger partial charge in [-0.25, -0.2) is 4.98 Å². The molecule has 0 spiro atoms. The molecule has 2 atom stereocenters. The summed E-state index contributed by atoms with van der Waals surface area (Å²) >= 11 is 1.61. The molecule has 3 rings (SSSR count). The molecular formula is C17H26N2OS. The minimum Gasteiger partial charge on any atom is -0.348 e. The summed E-state index contributed by atoms with van der Waals surface area (Å²) in [7, 11) is 2.16. The van der Waals surface area contributed by atoms with Gasteiger partial charge in [-0.1, -0.05) is 44.9 Å². The molecule has 2 unspecified atom stereocenters. The van der Waals surface area contributed by atoms with E-state index < -0.39 is 0 Å². The van der Waals surface area contributed by atoms with Crippen molar-refractivity contribution < 1.29 is 4.79 Å². The first kappa shape index (κ1) is 15.0. The normalized spacial score (nSPS) is 28.3. The van der Waals surface area contributed by atoms with Crippen LogP contribution in [0.4, 0.5) is 5.13 Å². The molecule has 2 aliphatic rings. The van der Waals surface area contributed by atoms with Crippen molar-refractivity contribution in [1.82, 2.24) is 4.98 Å². The first-order valence-electron chi connectivity index (χ1n) is 8.11. The first-order valence-corrected chi connectivity index (χ1v) is 8.93. The number of aromatic nitrogens is 1. The standard InChI is InChI=1S/C17H26N2OS/c1-11-6-5-7-12(8-11)19(4)16-18-13-9-17(2,3)10-14(20)15(13)21-16/h11-12H,5-10H2,1-4H3. The number of rotatable bonds is 2. The van der Waals surface area contributed by atoms with Gasteiger partial charge >= 0.3 is 0 Å². The highest BCUT2D eigenvalue weighted by Crippen LogP contribution is 2.40. The predicted molar refractivity (Wildman–Crippen MR) is 88.4 cm³/mol. The van der Waals surface area contributed by atoms with Crippen molar-refractivity contribution in [3.63, 3.8) is 0 Å². The van der Waals surface area contributed by atoms with E-state index in [1.54, 1.807) is 11.3 Å². The van der Waals surface area contributed by atoms with Crippen molar-refractivity contribution in [3.8, 4) is 0 Å². The van der Waals surface area contributed by atoms with Gasteiger partial charge in [0.2, 0.25) is 0 Å². The van der Waals surface area contributed by atoms with Crippen LogP contribution in [-0.2, 0) is 6.42 Å². The molecule has 0 bridgehead atoms. The fourth-order valence-electron chi connectivity index (χ4n) is 3.77. The molecule has 116 valence electrons. The lowest BCUT2D eigenvalue weighted by Gasteiger charge is -2.33. The van der Waals surface area contributed by atoms with Gasteiger partial charge in [0.25, 0.3) is 0 Å². The average Bonchev–Trinajstić information content (AvgIpc) is 2.80. The van der Waals surface area contributed by atoms with Gasteiger partial charge in [-0.3, -0.25) is 4.79 Å². The molecule has 1 fully saturated rings. The van der Waals surface area contributed by atoms with Crippen molar-refractivity contribution in [2.24, 2.45) is 11.3 Å². The van der Waals surface area contributed by atoms with Crippen LogP contribution in [0, 0.1) is 11.3 Å². The Morgan fingerprint density at radius 3 is 2.76 bits per heavy atom. The van der Waals surface area contributed by atoms with Crippen molar-refractivity contribution in [1.29, 1.82) is 0 Å². The number of carbonyl (C=O) groups excluding carboxylic acids is 1. The number of carbonyl (C=O) groups is 1. The van der Waals surface area contributed by atoms with Crippen LogP contribution in [0.25, 0.3) is 0 Å². The Balaban J connectivity index is 1.83. The van der Waals surface area contributed by atoms with Gasteiger partial charge in [0.1, 0.15) is 0 Å². The number of Topliss-reactive ketones (excluding diaryl/α,β-unsaturated/α-hetero) is 1. The van der Waals surface area contributed by atoms with Crippen LogP contribution in [0.3, 0.4) is 0 Å². The number of thiazole rings is 1. The van der Waals surface area contributed by atoms with Gasteiger partial charge in [0, 0.05) is 19.5 Å². The highest BCUT2D eigenvalue weighted by atomic mass is 32.1. The number of ketones is 1. The highest BCUT2D eigenvalue weighted by Gasteiger charge is 2.35. The lowest BCUT2D eigenvalue weighted by molar-refractivity contribution is 0.0916. The summed E-state index contributed by atoms with van der Waals surface area (Å²) in [6.45, 7) is 6.68. The van der Waals surface area contributed by atoms with Crippen LogP contribution in [0.15, 0.2) is 0 Å². The lowest BCUT2D eigenvalue weighted by atomic mass is 9.78. The fourth-order valence-corrected chi connectivity index (χ4v) is 4.82. The first-order chi connectivity index (χ1) is 9.85. The van der Waals surface area contributed by atoms with Gasteiger partial charge in [-0.05, 0) is 30.6 Å². The van der Waals surface area contributed by atoms with Crippen molar-refractivity contribution in [2.45, 2.75) is 65.3 Å². The smallest absolute Gasteiger partial charge is 0.186 e. The van der Waals surface area contributed by atoms with Crippen molar-refractivity contribution in [3.05, 3.63) is 10.6 Å². The van der Waals surface area contributed by atoms with Gasteiger partial charge in [0.05, 0.1) is 10.6 Å². The summed E-state index contributed by atoms with van der Waals surface area (Å²) in [6.07, 6.45) is 6.76. The Morgan fingerprint density at radius 2 is 2.05 bits per heavy atom. The summed E-state index contributed by atoms with van der Waals surface area (Å²) in [5.41, 5.74) is 1.10. The molecule has 1 saturated carbocycles. The fraction of sp³-hybridized carbons (Fsp3) is 0.765. The molecule has 4 heteroatoms. The Morgan fingerprint density at radius 1 is 1.29 bits per heavy atom. The maximum atomic E-state index is 12.3. The molecule has 1 aromatic rings. The van der Waals surface area contributed by atoms with Crippen LogP contribution in [0.5, 0.6) is 0 Å². The molecule has 0 aliphatic heterocycles. The summed E-state index contributed by atoms with van der Waals surface area (Å²) in [5.74, 6) is 1.09. The Bertz CT molecular complexity index is 549. The van der Waals surface area contributed by atoms with Crippen molar-refractivity contribution >= 4 is 22.3 Å². The molecule has 0 N–H and O–H groups in total. The van der Waals surface area contributed by atoms with E-state index in [4.69, 9.17) is 4.98 Å². The molecule has 1 aromatic heterocycles. The van der Waals surface area contributed by atoms with Gasteiger partial charge < -0.3 is 4.90 Å². The lowest BCUT2D eigenvalue weighted by Crippen LogP contribution is -2.35. The molecule has 3 nitrogen and oxygen atoms in total. The van der Waals surface area contributed by atoms with Crippen LogP contribution in [0.1, 0.15) is 68.2 Å². The molecule has 1 heterocycles. The van der Waals surface area contributed by atoms with E-state index in [0.717, 1.165) is 28.0 Å². The third kappa shape index (κ3) is 3.01. The average molecular weight is 306 g/mol. The van der Waals surface area contributed by atoms with E-state index in [9.17, 15) is 4.79 Å². The molecule has 0 radical (unpaired) electrons. The van der Waals surface area contributed by atoms with E-state index in [-0.39, 0.29) is 11.2 Å². The number of hydrogen-bond acceptors (Lipinski definition) is 4. The van der Waals surface area contributed by atoms with Crippen molar-refractivity contribution in [2.75, 3.05) is 11.9 Å². The second-order valence-electron chi connectivity index (χ2n) is 7.75. The van der Waals surface area contributed by atoms with Crippen LogP contribution in [0.2, 0.25) is 0 Å². The van der Waals surface area contributed by atoms with E-state index in [1.807, 2.05) is 0 Å². The van der Waals surface area contributed by atoms with Crippen LogP contribution >= 0.6 is 11.3 Å². The third-order valence-electron chi connectivity index (χ3n) is 4.98. The Hall–Kier alpha value is -0.900. The number of hydrogen-bond donors (Lipinski definition) is 0. The molecule has 0 saturated heterocycles. The van der Waals surface area contributed by atoms with Gasteiger partial charge in [0.15, 0.2) is 10.9 Å². The monoisotopic (exact) mass is 306 g/mol. The third-order valence-corrected chi connectivity index (χ3v) is 6.21. The second kappa shape index (κ2) is 5.38. The summed E-state index contributed by atoms with van der Waals surface area (Å²) < 4.78 is 0. The van der Waals surface area contributed by atoms with E-state index >= 15 is 0 Å². The second-order valence-corrected chi connectivity index (χ2v) is 8.73. The number of fused-ring (bicyclic) bond motifs is 1. The summed E-state index contributed by atoms with van der Waals surface area (Å²) in [6, 6.07) is 0.587. The quantitative estimate of drug-likeness (QED) is 0.816. The molecular weight excluding hydrogens is 280 g/mol. The summed E-state index contributed by atoms with van der Waals surface area (Å²) in [5, 5.41) is 1.05. The van der Waals surface area contributed by atoms with E-state index in [0.29, 0.717) is 12.5 Å². The van der Waals surface area contributed by atoms with E-state index in [1.165, 1.54) is 25.7 Å². The largest absolute Gasteiger partial charge is 0.348 e. The maximum absolute atomic E-state index is 12.3. The minimum atomic E-state index is 0.0628. The Kier molecular flexibility index (Phi) is 3.85. The zero-order valence-electron chi connectivity index (χ0n) is 13.6. The van der Waals surface area contributed by atoms with Crippen LogP contribution in [-0.4, -0.2) is 23.9 Å². The van der Waals surface area contributed by atoms with Gasteiger partial charge in [-0.2, -0.15) is 0 Å². The zero-order chi connectivity index (χ0) is 15.2. The maximum Gasteiger partial charge on any atom is 0.186 e.